The molecule has 1 aromatic carbocycles. The van der Waals surface area contributed by atoms with Crippen LogP contribution in [0.3, 0.4) is 0 Å². The van der Waals surface area contributed by atoms with Gasteiger partial charge in [0.25, 0.3) is 0 Å². The number of aryl methyl sites for hydroxylation is 2. The molecule has 2 rings (SSSR count). The van der Waals surface area contributed by atoms with Crippen molar-refractivity contribution in [2.24, 2.45) is 0 Å². The lowest BCUT2D eigenvalue weighted by atomic mass is 10.1. The number of nitrogens with one attached hydrogen (secondary N) is 1. The van der Waals surface area contributed by atoms with Crippen LogP contribution in [0.2, 0.25) is 0 Å². The van der Waals surface area contributed by atoms with E-state index in [-0.39, 0.29) is 6.61 Å². The first-order valence-electron chi connectivity index (χ1n) is 7.59. The molecule has 1 atom stereocenters. The standard InChI is InChI=1S/C16H24N4O2/c1-13(2)18-9-15(21)10-22-16-5-3-14(4-6-16)7-8-20-12-17-11-19-20/h3-6,11-13,15,18,21H,7-10H2,1-2H3. The Bertz CT molecular complexity index is 526. The third-order valence-electron chi connectivity index (χ3n) is 3.22. The number of aliphatic hydroxyl groups excluding tert-OH is 1. The Labute approximate surface area is 131 Å². The van der Waals surface area contributed by atoms with E-state index in [1.807, 2.05) is 42.8 Å². The summed E-state index contributed by atoms with van der Waals surface area (Å²) in [5, 5.41) is 17.1. The number of nitrogens with zero attached hydrogens (tertiary/aromatic N) is 3. The molecule has 0 spiro atoms. The summed E-state index contributed by atoms with van der Waals surface area (Å²) in [6.45, 7) is 5.72. The van der Waals surface area contributed by atoms with Gasteiger partial charge in [0.2, 0.25) is 0 Å². The van der Waals surface area contributed by atoms with Crippen molar-refractivity contribution >= 4 is 0 Å². The van der Waals surface area contributed by atoms with Crippen LogP contribution in [-0.2, 0) is 13.0 Å². The molecule has 22 heavy (non-hydrogen) atoms. The van der Waals surface area contributed by atoms with E-state index < -0.39 is 6.10 Å². The molecule has 6 nitrogen and oxygen atoms in total. The highest BCUT2D eigenvalue weighted by Gasteiger charge is 2.06. The Hall–Kier alpha value is -1.92. The van der Waals surface area contributed by atoms with Crippen LogP contribution in [0.25, 0.3) is 0 Å². The van der Waals surface area contributed by atoms with Crippen LogP contribution in [0.4, 0.5) is 0 Å². The maximum atomic E-state index is 9.80. The number of hydrogen-bond acceptors (Lipinski definition) is 5. The van der Waals surface area contributed by atoms with Crippen LogP contribution in [0, 0.1) is 0 Å². The summed E-state index contributed by atoms with van der Waals surface area (Å²) in [7, 11) is 0. The minimum Gasteiger partial charge on any atom is -0.491 e. The summed E-state index contributed by atoms with van der Waals surface area (Å²) in [5.74, 6) is 0.771. The zero-order valence-corrected chi connectivity index (χ0v) is 13.1. The van der Waals surface area contributed by atoms with Gasteiger partial charge in [-0.05, 0) is 24.1 Å². The minimum absolute atomic E-state index is 0.290. The average molecular weight is 304 g/mol. The molecule has 1 heterocycles. The van der Waals surface area contributed by atoms with E-state index in [2.05, 4.69) is 15.4 Å². The summed E-state index contributed by atoms with van der Waals surface area (Å²) in [6, 6.07) is 8.29. The van der Waals surface area contributed by atoms with Gasteiger partial charge in [-0.1, -0.05) is 26.0 Å². The fraction of sp³-hybridized carbons (Fsp3) is 0.500. The van der Waals surface area contributed by atoms with Crippen molar-refractivity contribution < 1.29 is 9.84 Å². The van der Waals surface area contributed by atoms with Crippen molar-refractivity contribution in [3.05, 3.63) is 42.5 Å². The Balaban J connectivity index is 1.72. The molecule has 2 N–H and O–H groups in total. The maximum absolute atomic E-state index is 9.80. The quantitative estimate of drug-likeness (QED) is 0.730. The first kappa shape index (κ1) is 16.5. The minimum atomic E-state index is -0.505. The van der Waals surface area contributed by atoms with Gasteiger partial charge in [-0.2, -0.15) is 5.10 Å². The third kappa shape index (κ3) is 5.83. The molecule has 0 saturated carbocycles. The molecule has 1 unspecified atom stereocenters. The summed E-state index contributed by atoms with van der Waals surface area (Å²) >= 11 is 0. The highest BCUT2D eigenvalue weighted by molar-refractivity contribution is 5.27. The second-order valence-electron chi connectivity index (χ2n) is 5.58. The molecular weight excluding hydrogens is 280 g/mol. The van der Waals surface area contributed by atoms with Gasteiger partial charge in [0.1, 0.15) is 31.1 Å². The lowest BCUT2D eigenvalue weighted by Crippen LogP contribution is -2.35. The predicted molar refractivity (Wildman–Crippen MR) is 84.8 cm³/mol. The molecule has 0 fully saturated rings. The fourth-order valence-electron chi connectivity index (χ4n) is 1.97. The monoisotopic (exact) mass is 304 g/mol. The van der Waals surface area contributed by atoms with Crippen molar-refractivity contribution in [1.29, 1.82) is 0 Å². The Morgan fingerprint density at radius 3 is 2.68 bits per heavy atom. The zero-order chi connectivity index (χ0) is 15.8. The van der Waals surface area contributed by atoms with Crippen molar-refractivity contribution in [1.82, 2.24) is 20.1 Å². The molecule has 0 bridgehead atoms. The normalized spacial score (nSPS) is 12.5. The lowest BCUT2D eigenvalue weighted by Gasteiger charge is -2.15. The highest BCUT2D eigenvalue weighted by Crippen LogP contribution is 2.13. The van der Waals surface area contributed by atoms with Gasteiger partial charge in [-0.3, -0.25) is 4.68 Å². The van der Waals surface area contributed by atoms with E-state index >= 15 is 0 Å². The fourth-order valence-corrected chi connectivity index (χ4v) is 1.97. The van der Waals surface area contributed by atoms with Crippen LogP contribution < -0.4 is 10.1 Å². The van der Waals surface area contributed by atoms with Gasteiger partial charge in [-0.15, -0.1) is 0 Å². The van der Waals surface area contributed by atoms with E-state index in [9.17, 15) is 5.11 Å². The molecule has 120 valence electrons. The number of aliphatic hydroxyl groups is 1. The molecule has 0 saturated heterocycles. The molecule has 0 aliphatic heterocycles. The van der Waals surface area contributed by atoms with Gasteiger partial charge in [0, 0.05) is 19.1 Å². The molecule has 6 heteroatoms. The largest absolute Gasteiger partial charge is 0.491 e. The van der Waals surface area contributed by atoms with E-state index in [0.717, 1.165) is 18.7 Å². The Morgan fingerprint density at radius 1 is 1.27 bits per heavy atom. The van der Waals surface area contributed by atoms with Crippen molar-refractivity contribution in [2.75, 3.05) is 13.2 Å². The Kier molecular flexibility index (Phi) is 6.36. The van der Waals surface area contributed by atoms with E-state index in [0.29, 0.717) is 12.6 Å². The SMILES string of the molecule is CC(C)NCC(O)COc1ccc(CCn2cncn2)cc1. The van der Waals surface area contributed by atoms with Gasteiger partial charge in [0.05, 0.1) is 0 Å². The van der Waals surface area contributed by atoms with Gasteiger partial charge in [-0.25, -0.2) is 4.98 Å². The summed E-state index contributed by atoms with van der Waals surface area (Å²) in [6.07, 6.45) is 3.64. The molecular formula is C16H24N4O2. The first-order valence-corrected chi connectivity index (χ1v) is 7.59. The van der Waals surface area contributed by atoms with Crippen LogP contribution in [-0.4, -0.2) is 45.2 Å². The molecule has 0 radical (unpaired) electrons. The van der Waals surface area contributed by atoms with Gasteiger partial charge in [0.15, 0.2) is 0 Å². The predicted octanol–water partition coefficient (Wildman–Crippen LogP) is 1.26. The summed E-state index contributed by atoms with van der Waals surface area (Å²) in [5.41, 5.74) is 1.21. The van der Waals surface area contributed by atoms with Crippen molar-refractivity contribution in [2.45, 2.75) is 39.0 Å². The smallest absolute Gasteiger partial charge is 0.137 e. The molecule has 0 amide bonds. The average Bonchev–Trinajstić information content (AvgIpc) is 3.03. The highest BCUT2D eigenvalue weighted by atomic mass is 16.5. The molecule has 0 aliphatic carbocycles. The van der Waals surface area contributed by atoms with Crippen LogP contribution in [0.5, 0.6) is 5.75 Å². The number of aromatic nitrogens is 3. The topological polar surface area (TPSA) is 72.2 Å². The summed E-state index contributed by atoms with van der Waals surface area (Å²) < 4.78 is 7.40. The maximum Gasteiger partial charge on any atom is 0.137 e. The molecule has 2 aromatic rings. The van der Waals surface area contributed by atoms with E-state index in [4.69, 9.17) is 4.74 Å². The zero-order valence-electron chi connectivity index (χ0n) is 13.1. The Morgan fingerprint density at radius 2 is 2.05 bits per heavy atom. The number of ether oxygens (including phenoxy) is 1. The third-order valence-corrected chi connectivity index (χ3v) is 3.22. The van der Waals surface area contributed by atoms with Gasteiger partial charge >= 0.3 is 0 Å². The molecule has 0 aliphatic rings. The number of benzene rings is 1. The summed E-state index contributed by atoms with van der Waals surface area (Å²) in [4.78, 5) is 3.92. The van der Waals surface area contributed by atoms with Crippen molar-refractivity contribution in [3.63, 3.8) is 0 Å². The first-order chi connectivity index (χ1) is 10.6. The van der Waals surface area contributed by atoms with E-state index in [1.165, 1.54) is 11.9 Å². The number of hydrogen-bond donors (Lipinski definition) is 2. The van der Waals surface area contributed by atoms with Gasteiger partial charge < -0.3 is 15.2 Å². The molecule has 1 aromatic heterocycles. The lowest BCUT2D eigenvalue weighted by molar-refractivity contribution is 0.104. The van der Waals surface area contributed by atoms with E-state index in [1.54, 1.807) is 6.33 Å². The van der Waals surface area contributed by atoms with Crippen LogP contribution in [0.15, 0.2) is 36.9 Å². The second-order valence-corrected chi connectivity index (χ2v) is 5.58. The number of rotatable bonds is 9. The van der Waals surface area contributed by atoms with Crippen LogP contribution >= 0.6 is 0 Å². The second kappa shape index (κ2) is 8.51. The van der Waals surface area contributed by atoms with Crippen molar-refractivity contribution in [3.8, 4) is 5.75 Å². The van der Waals surface area contributed by atoms with Crippen LogP contribution in [0.1, 0.15) is 19.4 Å².